The summed E-state index contributed by atoms with van der Waals surface area (Å²) >= 11 is 0. The van der Waals surface area contributed by atoms with Gasteiger partial charge in [-0.15, -0.1) is 0 Å². The van der Waals surface area contributed by atoms with E-state index in [0.29, 0.717) is 18.5 Å². The molecule has 1 atom stereocenters. The van der Waals surface area contributed by atoms with Crippen LogP contribution in [-0.2, 0) is 0 Å². The van der Waals surface area contributed by atoms with Gasteiger partial charge in [0.1, 0.15) is 12.1 Å². The van der Waals surface area contributed by atoms with Crippen LogP contribution in [0, 0.1) is 6.92 Å². The third-order valence-corrected chi connectivity index (χ3v) is 3.27. The van der Waals surface area contributed by atoms with Crippen molar-refractivity contribution < 1.29 is 4.74 Å². The molecule has 2 heterocycles. The highest BCUT2D eigenvalue weighted by Gasteiger charge is 2.13. The molecule has 100 valence electrons. The van der Waals surface area contributed by atoms with Crippen LogP contribution >= 0.6 is 0 Å². The lowest BCUT2D eigenvalue weighted by Crippen LogP contribution is -2.24. The maximum atomic E-state index is 5.45. The third kappa shape index (κ3) is 3.32. The molecule has 0 spiro atoms. The molecule has 1 saturated heterocycles. The van der Waals surface area contributed by atoms with Gasteiger partial charge in [-0.05, 0) is 39.7 Å². The summed E-state index contributed by atoms with van der Waals surface area (Å²) in [6.07, 6.45) is 5.27. The van der Waals surface area contributed by atoms with Crippen molar-refractivity contribution in [1.82, 2.24) is 15.3 Å². The Morgan fingerprint density at radius 2 is 2.39 bits per heavy atom. The lowest BCUT2D eigenvalue weighted by Gasteiger charge is -2.13. The van der Waals surface area contributed by atoms with E-state index in [1.54, 1.807) is 6.33 Å². The fraction of sp³-hybridized carbons (Fsp3) is 0.692. The first-order valence-corrected chi connectivity index (χ1v) is 6.73. The molecule has 0 saturated carbocycles. The van der Waals surface area contributed by atoms with Gasteiger partial charge in [0.15, 0.2) is 0 Å². The van der Waals surface area contributed by atoms with Crippen LogP contribution in [0.25, 0.3) is 0 Å². The maximum absolute atomic E-state index is 5.45. The minimum absolute atomic E-state index is 0.628. The van der Waals surface area contributed by atoms with Gasteiger partial charge in [-0.2, -0.15) is 0 Å². The Balaban J connectivity index is 1.86. The molecule has 1 aromatic rings. The minimum atomic E-state index is 0.628. The lowest BCUT2D eigenvalue weighted by atomic mass is 10.1. The van der Waals surface area contributed by atoms with E-state index < -0.39 is 0 Å². The van der Waals surface area contributed by atoms with Crippen LogP contribution in [0.3, 0.4) is 0 Å². The maximum Gasteiger partial charge on any atom is 0.221 e. The van der Waals surface area contributed by atoms with Gasteiger partial charge < -0.3 is 15.4 Å². The molecule has 18 heavy (non-hydrogen) atoms. The molecule has 5 heteroatoms. The van der Waals surface area contributed by atoms with Crippen molar-refractivity contribution in [2.24, 2.45) is 0 Å². The van der Waals surface area contributed by atoms with Crippen LogP contribution in [0.15, 0.2) is 6.33 Å². The molecule has 1 aliphatic rings. The molecule has 0 amide bonds. The molecular weight excluding hydrogens is 228 g/mol. The first-order valence-electron chi connectivity index (χ1n) is 6.73. The third-order valence-electron chi connectivity index (χ3n) is 3.27. The van der Waals surface area contributed by atoms with Crippen molar-refractivity contribution in [3.8, 4) is 5.88 Å². The van der Waals surface area contributed by atoms with Crippen molar-refractivity contribution in [2.45, 2.75) is 39.2 Å². The molecule has 2 rings (SSSR count). The number of rotatable bonds is 6. The Morgan fingerprint density at radius 3 is 3.11 bits per heavy atom. The second kappa shape index (κ2) is 6.54. The van der Waals surface area contributed by atoms with Gasteiger partial charge in [0.05, 0.1) is 12.2 Å². The number of anilines is 1. The van der Waals surface area contributed by atoms with E-state index in [1.165, 1.54) is 12.8 Å². The lowest BCUT2D eigenvalue weighted by molar-refractivity contribution is 0.324. The molecule has 0 aliphatic carbocycles. The highest BCUT2D eigenvalue weighted by Crippen LogP contribution is 2.20. The number of hydrogen-bond acceptors (Lipinski definition) is 5. The number of aromatic nitrogens is 2. The summed E-state index contributed by atoms with van der Waals surface area (Å²) in [4.78, 5) is 8.39. The Labute approximate surface area is 108 Å². The van der Waals surface area contributed by atoms with Crippen molar-refractivity contribution >= 4 is 5.82 Å². The Hall–Kier alpha value is -1.36. The largest absolute Gasteiger partial charge is 0.478 e. The summed E-state index contributed by atoms with van der Waals surface area (Å²) in [6.45, 7) is 6.66. The smallest absolute Gasteiger partial charge is 0.221 e. The molecular formula is C13H22N4O. The first kappa shape index (κ1) is 13.1. The number of hydrogen-bond donors (Lipinski definition) is 2. The molecule has 1 fully saturated rings. The van der Waals surface area contributed by atoms with Crippen LogP contribution in [-0.4, -0.2) is 35.7 Å². The van der Waals surface area contributed by atoms with E-state index in [1.807, 2.05) is 13.8 Å². The summed E-state index contributed by atoms with van der Waals surface area (Å²) < 4.78 is 5.45. The number of nitrogens with one attached hydrogen (secondary N) is 2. The van der Waals surface area contributed by atoms with Gasteiger partial charge >= 0.3 is 0 Å². The highest BCUT2D eigenvalue weighted by molar-refractivity contribution is 5.47. The summed E-state index contributed by atoms with van der Waals surface area (Å²) in [5, 5.41) is 6.86. The van der Waals surface area contributed by atoms with Crippen LogP contribution in [0.1, 0.15) is 31.7 Å². The average Bonchev–Trinajstić information content (AvgIpc) is 2.87. The standard InChI is InChI=1S/C13H22N4O/c1-3-18-13-10(2)12(16-9-17-13)15-8-6-11-5-4-7-14-11/h9,11,14H,3-8H2,1-2H3,(H,15,16,17)/t11-/m1/s1. The van der Waals surface area contributed by atoms with Crippen molar-refractivity contribution in [3.05, 3.63) is 11.9 Å². The molecule has 1 aliphatic heterocycles. The minimum Gasteiger partial charge on any atom is -0.478 e. The Morgan fingerprint density at radius 1 is 1.50 bits per heavy atom. The zero-order valence-electron chi connectivity index (χ0n) is 11.2. The summed E-state index contributed by atoms with van der Waals surface area (Å²) in [5.74, 6) is 1.56. The van der Waals surface area contributed by atoms with E-state index in [9.17, 15) is 0 Å². The Bertz CT molecular complexity index is 377. The molecule has 0 aromatic carbocycles. The van der Waals surface area contributed by atoms with E-state index in [-0.39, 0.29) is 0 Å². The van der Waals surface area contributed by atoms with Crippen LogP contribution in [0.2, 0.25) is 0 Å². The second-order valence-electron chi connectivity index (χ2n) is 4.59. The van der Waals surface area contributed by atoms with Gasteiger partial charge in [-0.3, -0.25) is 0 Å². The van der Waals surface area contributed by atoms with Crippen molar-refractivity contribution in [2.75, 3.05) is 25.0 Å². The van der Waals surface area contributed by atoms with Crippen LogP contribution in [0.4, 0.5) is 5.82 Å². The fourth-order valence-electron chi connectivity index (χ4n) is 2.26. The molecule has 0 bridgehead atoms. The van der Waals surface area contributed by atoms with Gasteiger partial charge in [0, 0.05) is 12.6 Å². The predicted molar refractivity (Wildman–Crippen MR) is 72.1 cm³/mol. The van der Waals surface area contributed by atoms with Crippen LogP contribution in [0.5, 0.6) is 5.88 Å². The van der Waals surface area contributed by atoms with E-state index in [4.69, 9.17) is 4.74 Å². The topological polar surface area (TPSA) is 59.1 Å². The van der Waals surface area contributed by atoms with Gasteiger partial charge in [0.2, 0.25) is 5.88 Å². The zero-order chi connectivity index (χ0) is 12.8. The normalized spacial score (nSPS) is 18.9. The van der Waals surface area contributed by atoms with Crippen molar-refractivity contribution in [3.63, 3.8) is 0 Å². The summed E-state index contributed by atoms with van der Waals surface area (Å²) in [5.41, 5.74) is 0.985. The first-order chi connectivity index (χ1) is 8.81. The zero-order valence-corrected chi connectivity index (χ0v) is 11.2. The summed E-state index contributed by atoms with van der Waals surface area (Å²) in [7, 11) is 0. The van der Waals surface area contributed by atoms with Crippen molar-refractivity contribution in [1.29, 1.82) is 0 Å². The number of nitrogens with zero attached hydrogens (tertiary/aromatic N) is 2. The Kier molecular flexibility index (Phi) is 4.75. The van der Waals surface area contributed by atoms with Gasteiger partial charge in [-0.25, -0.2) is 9.97 Å². The quantitative estimate of drug-likeness (QED) is 0.805. The second-order valence-corrected chi connectivity index (χ2v) is 4.59. The highest BCUT2D eigenvalue weighted by atomic mass is 16.5. The van der Waals surface area contributed by atoms with E-state index in [0.717, 1.165) is 30.9 Å². The fourth-order valence-corrected chi connectivity index (χ4v) is 2.26. The number of ether oxygens (including phenoxy) is 1. The van der Waals surface area contributed by atoms with E-state index in [2.05, 4.69) is 20.6 Å². The molecule has 5 nitrogen and oxygen atoms in total. The molecule has 2 N–H and O–H groups in total. The van der Waals surface area contributed by atoms with E-state index >= 15 is 0 Å². The average molecular weight is 250 g/mol. The van der Waals surface area contributed by atoms with Crippen LogP contribution < -0.4 is 15.4 Å². The summed E-state index contributed by atoms with van der Waals surface area (Å²) in [6, 6.07) is 0.658. The SMILES string of the molecule is CCOc1ncnc(NCC[C@H]2CCCN2)c1C. The molecule has 1 aromatic heterocycles. The monoisotopic (exact) mass is 250 g/mol. The van der Waals surface area contributed by atoms with Gasteiger partial charge in [0.25, 0.3) is 0 Å². The molecule has 0 radical (unpaired) electrons. The predicted octanol–water partition coefficient (Wildman–Crippen LogP) is 1.74. The van der Waals surface area contributed by atoms with Gasteiger partial charge in [-0.1, -0.05) is 0 Å². The molecule has 0 unspecified atom stereocenters.